The molecule has 114 valence electrons. The van der Waals surface area contributed by atoms with E-state index in [9.17, 15) is 14.4 Å². The molecule has 2 N–H and O–H groups in total. The molecule has 0 aliphatic carbocycles. The van der Waals surface area contributed by atoms with Gasteiger partial charge in [-0.25, -0.2) is 0 Å². The second kappa shape index (κ2) is 7.84. The zero-order valence-electron chi connectivity index (χ0n) is 11.9. The van der Waals surface area contributed by atoms with E-state index in [0.717, 1.165) is 12.8 Å². The van der Waals surface area contributed by atoms with Gasteiger partial charge in [0.1, 0.15) is 12.6 Å². The molecule has 0 spiro atoms. The van der Waals surface area contributed by atoms with Crippen LogP contribution in [0.4, 0.5) is 0 Å². The minimum atomic E-state index is -1.04. The van der Waals surface area contributed by atoms with Gasteiger partial charge in [0.25, 0.3) is 0 Å². The number of methoxy groups -OCH3 is 1. The number of rotatable bonds is 6. The lowest BCUT2D eigenvalue weighted by atomic mass is 10.1. The lowest BCUT2D eigenvalue weighted by Crippen LogP contribution is -2.49. The average Bonchev–Trinajstić information content (AvgIpc) is 2.53. The first-order chi connectivity index (χ1) is 9.43. The van der Waals surface area contributed by atoms with E-state index in [0.29, 0.717) is 13.0 Å². The highest BCUT2D eigenvalue weighted by Gasteiger charge is 2.29. The quantitative estimate of drug-likeness (QED) is 0.716. The van der Waals surface area contributed by atoms with Gasteiger partial charge in [0.05, 0.1) is 12.5 Å². The highest BCUT2D eigenvalue weighted by atomic mass is 16.5. The Morgan fingerprint density at radius 2 is 2.20 bits per heavy atom. The Kier molecular flexibility index (Phi) is 6.44. The van der Waals surface area contributed by atoms with Gasteiger partial charge in [-0.05, 0) is 26.2 Å². The second-order valence-corrected chi connectivity index (χ2v) is 5.02. The Morgan fingerprint density at radius 3 is 2.80 bits per heavy atom. The van der Waals surface area contributed by atoms with Gasteiger partial charge in [0.2, 0.25) is 11.8 Å². The van der Waals surface area contributed by atoms with E-state index in [-0.39, 0.29) is 30.9 Å². The molecule has 1 aliphatic heterocycles. The molecular weight excluding hydrogens is 264 g/mol. The number of carbonyl (C=O) groups is 3. The van der Waals surface area contributed by atoms with Crippen LogP contribution in [0.3, 0.4) is 0 Å². The van der Waals surface area contributed by atoms with Crippen LogP contribution >= 0.6 is 0 Å². The zero-order valence-corrected chi connectivity index (χ0v) is 11.9. The van der Waals surface area contributed by atoms with Crippen molar-refractivity contribution in [3.63, 3.8) is 0 Å². The molecule has 0 radical (unpaired) electrons. The van der Waals surface area contributed by atoms with Crippen molar-refractivity contribution in [1.29, 1.82) is 0 Å². The Bertz CT molecular complexity index is 372. The summed E-state index contributed by atoms with van der Waals surface area (Å²) in [6, 6.07) is -0.631. The van der Waals surface area contributed by atoms with Crippen molar-refractivity contribution in [2.45, 2.75) is 44.8 Å². The molecule has 7 nitrogen and oxygen atoms in total. The van der Waals surface area contributed by atoms with Crippen LogP contribution in [-0.4, -0.2) is 60.1 Å². The van der Waals surface area contributed by atoms with Crippen LogP contribution in [0.2, 0.25) is 0 Å². The van der Waals surface area contributed by atoms with Gasteiger partial charge >= 0.3 is 5.97 Å². The first kappa shape index (κ1) is 16.4. The van der Waals surface area contributed by atoms with Crippen molar-refractivity contribution in [2.75, 3.05) is 20.2 Å². The summed E-state index contributed by atoms with van der Waals surface area (Å²) in [6.45, 7) is 1.87. The molecule has 1 saturated heterocycles. The van der Waals surface area contributed by atoms with E-state index in [2.05, 4.69) is 5.32 Å². The standard InChI is InChI=1S/C13H22N2O5/c1-9(20-2)7-11(16)14-10-5-3-4-6-15(13(10)19)8-12(17)18/h9-10H,3-8H2,1-2H3,(H,14,16)(H,17,18). The van der Waals surface area contributed by atoms with Crippen molar-refractivity contribution >= 4 is 17.8 Å². The van der Waals surface area contributed by atoms with Crippen molar-refractivity contribution < 1.29 is 24.2 Å². The number of carboxylic acids is 1. The van der Waals surface area contributed by atoms with Crippen LogP contribution in [0.15, 0.2) is 0 Å². The number of aliphatic carboxylic acids is 1. The highest BCUT2D eigenvalue weighted by Crippen LogP contribution is 2.12. The van der Waals surface area contributed by atoms with Crippen LogP contribution in [-0.2, 0) is 19.1 Å². The number of nitrogens with one attached hydrogen (secondary N) is 1. The summed E-state index contributed by atoms with van der Waals surface area (Å²) in [5.41, 5.74) is 0. The molecule has 0 bridgehead atoms. The minimum absolute atomic E-state index is 0.180. The average molecular weight is 286 g/mol. The monoisotopic (exact) mass is 286 g/mol. The summed E-state index contributed by atoms with van der Waals surface area (Å²) >= 11 is 0. The Hall–Kier alpha value is -1.63. The smallest absolute Gasteiger partial charge is 0.323 e. The number of amides is 2. The molecule has 2 unspecified atom stereocenters. The van der Waals surface area contributed by atoms with E-state index >= 15 is 0 Å². The van der Waals surface area contributed by atoms with E-state index in [1.165, 1.54) is 12.0 Å². The maximum Gasteiger partial charge on any atom is 0.323 e. The number of hydrogen-bond donors (Lipinski definition) is 2. The summed E-state index contributed by atoms with van der Waals surface area (Å²) in [5, 5.41) is 11.5. The molecule has 0 saturated carbocycles. The molecule has 1 heterocycles. The van der Waals surface area contributed by atoms with Crippen molar-refractivity contribution in [3.8, 4) is 0 Å². The molecule has 0 aromatic carbocycles. The number of nitrogens with zero attached hydrogens (tertiary/aromatic N) is 1. The molecule has 1 aliphatic rings. The van der Waals surface area contributed by atoms with Gasteiger partial charge in [-0.3, -0.25) is 14.4 Å². The van der Waals surface area contributed by atoms with Crippen LogP contribution in [0, 0.1) is 0 Å². The fourth-order valence-electron chi connectivity index (χ4n) is 2.16. The van der Waals surface area contributed by atoms with Gasteiger partial charge in [0.15, 0.2) is 0 Å². The maximum atomic E-state index is 12.2. The van der Waals surface area contributed by atoms with Crippen LogP contribution in [0.1, 0.15) is 32.6 Å². The number of hydrogen-bond acceptors (Lipinski definition) is 4. The number of carboxylic acid groups (broad SMARTS) is 1. The highest BCUT2D eigenvalue weighted by molar-refractivity contribution is 5.89. The minimum Gasteiger partial charge on any atom is -0.480 e. The predicted octanol–water partition coefficient (Wildman–Crippen LogP) is -0.00670. The fourth-order valence-corrected chi connectivity index (χ4v) is 2.16. The molecule has 7 heteroatoms. The van der Waals surface area contributed by atoms with Gasteiger partial charge in [0, 0.05) is 13.7 Å². The lowest BCUT2D eigenvalue weighted by molar-refractivity contribution is -0.145. The molecule has 0 aromatic heterocycles. The third-order valence-electron chi connectivity index (χ3n) is 3.32. The number of ether oxygens (including phenoxy) is 1. The fraction of sp³-hybridized carbons (Fsp3) is 0.769. The Labute approximate surface area is 118 Å². The molecular formula is C13H22N2O5. The molecule has 2 amide bonds. The van der Waals surface area contributed by atoms with Gasteiger partial charge in [-0.1, -0.05) is 0 Å². The molecule has 20 heavy (non-hydrogen) atoms. The Balaban J connectivity index is 2.60. The summed E-state index contributed by atoms with van der Waals surface area (Å²) in [5.74, 6) is -1.61. The predicted molar refractivity (Wildman–Crippen MR) is 71.1 cm³/mol. The van der Waals surface area contributed by atoms with Crippen LogP contribution in [0.5, 0.6) is 0 Å². The third kappa shape index (κ3) is 5.16. The molecule has 1 fully saturated rings. The topological polar surface area (TPSA) is 95.9 Å². The number of likely N-dealkylation sites (tertiary alicyclic amines) is 1. The maximum absolute atomic E-state index is 12.2. The first-order valence-corrected chi connectivity index (χ1v) is 6.76. The van der Waals surface area contributed by atoms with Crippen LogP contribution in [0.25, 0.3) is 0 Å². The SMILES string of the molecule is COC(C)CC(=O)NC1CCCCN(CC(=O)O)C1=O. The number of carbonyl (C=O) groups excluding carboxylic acids is 2. The van der Waals surface area contributed by atoms with E-state index in [4.69, 9.17) is 9.84 Å². The summed E-state index contributed by atoms with van der Waals surface area (Å²) in [4.78, 5) is 36.0. The molecule has 2 atom stereocenters. The Morgan fingerprint density at radius 1 is 1.50 bits per heavy atom. The first-order valence-electron chi connectivity index (χ1n) is 6.76. The van der Waals surface area contributed by atoms with E-state index in [1.807, 2.05) is 0 Å². The van der Waals surface area contributed by atoms with E-state index < -0.39 is 12.0 Å². The van der Waals surface area contributed by atoms with Gasteiger partial charge < -0.3 is 20.1 Å². The van der Waals surface area contributed by atoms with E-state index in [1.54, 1.807) is 6.92 Å². The normalized spacial score (nSPS) is 21.2. The van der Waals surface area contributed by atoms with Crippen molar-refractivity contribution in [3.05, 3.63) is 0 Å². The van der Waals surface area contributed by atoms with Gasteiger partial charge in [-0.2, -0.15) is 0 Å². The van der Waals surface area contributed by atoms with Gasteiger partial charge in [-0.15, -0.1) is 0 Å². The zero-order chi connectivity index (χ0) is 15.1. The third-order valence-corrected chi connectivity index (χ3v) is 3.32. The van der Waals surface area contributed by atoms with Crippen LogP contribution < -0.4 is 5.32 Å². The summed E-state index contributed by atoms with van der Waals surface area (Å²) in [7, 11) is 1.52. The van der Waals surface area contributed by atoms with Crippen molar-refractivity contribution in [1.82, 2.24) is 10.2 Å². The summed E-state index contributed by atoms with van der Waals surface area (Å²) in [6.07, 6.45) is 2.04. The van der Waals surface area contributed by atoms with Crippen molar-refractivity contribution in [2.24, 2.45) is 0 Å². The summed E-state index contributed by atoms with van der Waals surface area (Å²) < 4.78 is 5.00. The molecule has 1 rings (SSSR count). The second-order valence-electron chi connectivity index (χ2n) is 5.02. The largest absolute Gasteiger partial charge is 0.480 e. The molecule has 0 aromatic rings. The lowest BCUT2D eigenvalue weighted by Gasteiger charge is -2.23.